The molecule has 0 radical (unpaired) electrons. The number of anilines is 1. The van der Waals surface area contributed by atoms with Crippen molar-refractivity contribution in [1.29, 1.82) is 0 Å². The van der Waals surface area contributed by atoms with Crippen LogP contribution < -0.4 is 10.1 Å². The second kappa shape index (κ2) is 5.68. The molecule has 1 aromatic carbocycles. The fraction of sp³-hybridized carbons (Fsp3) is 0.375. The molecule has 0 saturated heterocycles. The van der Waals surface area contributed by atoms with E-state index in [2.05, 4.69) is 15.3 Å². The monoisotopic (exact) mass is 289 g/mol. The van der Waals surface area contributed by atoms with E-state index in [1.165, 1.54) is 12.1 Å². The summed E-state index contributed by atoms with van der Waals surface area (Å²) in [5.41, 5.74) is 0.528. The number of halogens is 1. The Hall–Kier alpha value is -2.17. The van der Waals surface area contributed by atoms with E-state index < -0.39 is 0 Å². The molecule has 0 aliphatic heterocycles. The number of benzene rings is 1. The van der Waals surface area contributed by atoms with Crippen molar-refractivity contribution in [2.75, 3.05) is 12.4 Å². The molecule has 0 atom stereocenters. The molecule has 2 aromatic rings. The summed E-state index contributed by atoms with van der Waals surface area (Å²) >= 11 is 0. The van der Waals surface area contributed by atoms with Crippen molar-refractivity contribution >= 4 is 5.82 Å². The number of rotatable bonds is 3. The fourth-order valence-electron chi connectivity index (χ4n) is 1.78. The molecule has 112 valence electrons. The SMILES string of the molecule is CNc1cc(Oc2ccc(F)cc2C)nc(C(C)(C)C)n1. The van der Waals surface area contributed by atoms with Crippen LogP contribution in [0.3, 0.4) is 0 Å². The van der Waals surface area contributed by atoms with E-state index in [0.29, 0.717) is 23.3 Å². The molecule has 0 aliphatic carbocycles. The molecule has 0 saturated carbocycles. The van der Waals surface area contributed by atoms with Gasteiger partial charge < -0.3 is 10.1 Å². The van der Waals surface area contributed by atoms with Gasteiger partial charge in [-0.3, -0.25) is 0 Å². The third kappa shape index (κ3) is 3.68. The highest BCUT2D eigenvalue weighted by molar-refractivity contribution is 5.42. The first-order valence-electron chi connectivity index (χ1n) is 6.81. The summed E-state index contributed by atoms with van der Waals surface area (Å²) in [6.45, 7) is 7.90. The van der Waals surface area contributed by atoms with Crippen LogP contribution in [0.2, 0.25) is 0 Å². The molecule has 1 aromatic heterocycles. The minimum atomic E-state index is -0.283. The van der Waals surface area contributed by atoms with Crippen molar-refractivity contribution in [3.63, 3.8) is 0 Å². The normalized spacial score (nSPS) is 11.3. The van der Waals surface area contributed by atoms with Gasteiger partial charge in [0.05, 0.1) is 0 Å². The zero-order chi connectivity index (χ0) is 15.6. The summed E-state index contributed by atoms with van der Waals surface area (Å²) in [5.74, 6) is 2.11. The van der Waals surface area contributed by atoms with E-state index in [-0.39, 0.29) is 11.2 Å². The van der Waals surface area contributed by atoms with Crippen molar-refractivity contribution in [1.82, 2.24) is 9.97 Å². The van der Waals surface area contributed by atoms with Crippen LogP contribution in [0, 0.1) is 12.7 Å². The molecule has 5 heteroatoms. The minimum absolute atomic E-state index is 0.192. The van der Waals surface area contributed by atoms with Crippen molar-refractivity contribution in [3.05, 3.63) is 41.5 Å². The Morgan fingerprint density at radius 3 is 2.43 bits per heavy atom. The molecular weight excluding hydrogens is 269 g/mol. The van der Waals surface area contributed by atoms with E-state index >= 15 is 0 Å². The van der Waals surface area contributed by atoms with Gasteiger partial charge in [0.1, 0.15) is 23.2 Å². The Balaban J connectivity index is 2.39. The first-order chi connectivity index (χ1) is 9.79. The number of nitrogens with one attached hydrogen (secondary N) is 1. The molecule has 1 heterocycles. The predicted molar refractivity (Wildman–Crippen MR) is 81.5 cm³/mol. The van der Waals surface area contributed by atoms with Gasteiger partial charge in [-0.2, -0.15) is 4.98 Å². The van der Waals surface area contributed by atoms with E-state index in [1.54, 1.807) is 26.1 Å². The second-order valence-electron chi connectivity index (χ2n) is 5.93. The molecule has 0 fully saturated rings. The molecule has 1 N–H and O–H groups in total. The van der Waals surface area contributed by atoms with E-state index in [4.69, 9.17) is 4.74 Å². The third-order valence-electron chi connectivity index (χ3n) is 2.98. The zero-order valence-electron chi connectivity index (χ0n) is 13.0. The average molecular weight is 289 g/mol. The van der Waals surface area contributed by atoms with Crippen LogP contribution in [0.15, 0.2) is 24.3 Å². The minimum Gasteiger partial charge on any atom is -0.439 e. The average Bonchev–Trinajstić information content (AvgIpc) is 2.40. The van der Waals surface area contributed by atoms with Gasteiger partial charge in [0.25, 0.3) is 0 Å². The van der Waals surface area contributed by atoms with E-state index in [0.717, 1.165) is 5.56 Å². The molecule has 0 aliphatic rings. The fourth-order valence-corrected chi connectivity index (χ4v) is 1.78. The van der Waals surface area contributed by atoms with Crippen molar-refractivity contribution < 1.29 is 9.13 Å². The van der Waals surface area contributed by atoms with E-state index in [1.807, 2.05) is 20.8 Å². The van der Waals surface area contributed by atoms with Crippen LogP contribution in [0.25, 0.3) is 0 Å². The summed E-state index contributed by atoms with van der Waals surface area (Å²) in [5, 5.41) is 3.00. The zero-order valence-corrected chi connectivity index (χ0v) is 13.0. The summed E-state index contributed by atoms with van der Waals surface area (Å²) in [6, 6.07) is 6.12. The lowest BCUT2D eigenvalue weighted by atomic mass is 9.96. The number of ether oxygens (including phenoxy) is 1. The van der Waals surface area contributed by atoms with Crippen molar-refractivity contribution in [3.8, 4) is 11.6 Å². The predicted octanol–water partition coefficient (Wildman–Crippen LogP) is 4.06. The lowest BCUT2D eigenvalue weighted by Gasteiger charge is -2.18. The van der Waals surface area contributed by atoms with Gasteiger partial charge in [-0.05, 0) is 30.7 Å². The highest BCUT2D eigenvalue weighted by Crippen LogP contribution is 2.28. The van der Waals surface area contributed by atoms with Gasteiger partial charge in [0.2, 0.25) is 5.88 Å². The van der Waals surface area contributed by atoms with Crippen molar-refractivity contribution in [2.24, 2.45) is 0 Å². The first kappa shape index (κ1) is 15.2. The van der Waals surface area contributed by atoms with Crippen LogP contribution in [-0.2, 0) is 5.41 Å². The number of nitrogens with zero attached hydrogens (tertiary/aromatic N) is 2. The number of hydrogen-bond donors (Lipinski definition) is 1. The summed E-state index contributed by atoms with van der Waals surface area (Å²) in [6.07, 6.45) is 0. The molecule has 4 nitrogen and oxygen atoms in total. The first-order valence-corrected chi connectivity index (χ1v) is 6.81. The Morgan fingerprint density at radius 2 is 1.86 bits per heavy atom. The molecule has 0 bridgehead atoms. The maximum Gasteiger partial charge on any atom is 0.224 e. The number of aromatic nitrogens is 2. The maximum absolute atomic E-state index is 13.1. The largest absolute Gasteiger partial charge is 0.439 e. The maximum atomic E-state index is 13.1. The Kier molecular flexibility index (Phi) is 4.11. The quantitative estimate of drug-likeness (QED) is 0.925. The lowest BCUT2D eigenvalue weighted by molar-refractivity contribution is 0.442. The Bertz CT molecular complexity index is 650. The van der Waals surface area contributed by atoms with Gasteiger partial charge >= 0.3 is 0 Å². The molecule has 0 unspecified atom stereocenters. The van der Waals surface area contributed by atoms with Gasteiger partial charge in [-0.15, -0.1) is 0 Å². The summed E-state index contributed by atoms with van der Waals surface area (Å²) in [7, 11) is 1.79. The molecule has 21 heavy (non-hydrogen) atoms. The lowest BCUT2D eigenvalue weighted by Crippen LogP contribution is -2.17. The molecule has 0 amide bonds. The van der Waals surface area contributed by atoms with Gasteiger partial charge in [0, 0.05) is 18.5 Å². The third-order valence-corrected chi connectivity index (χ3v) is 2.98. The van der Waals surface area contributed by atoms with Crippen LogP contribution >= 0.6 is 0 Å². The van der Waals surface area contributed by atoms with Gasteiger partial charge in [-0.1, -0.05) is 20.8 Å². The Morgan fingerprint density at radius 1 is 1.14 bits per heavy atom. The second-order valence-corrected chi connectivity index (χ2v) is 5.93. The highest BCUT2D eigenvalue weighted by Gasteiger charge is 2.19. The van der Waals surface area contributed by atoms with Crippen LogP contribution in [-0.4, -0.2) is 17.0 Å². The smallest absolute Gasteiger partial charge is 0.224 e. The standard InChI is InChI=1S/C16H20FN3O/c1-10-8-11(17)6-7-12(10)21-14-9-13(18-5)19-15(20-14)16(2,3)4/h6-9H,1-5H3,(H,18,19,20). The van der Waals surface area contributed by atoms with Crippen LogP contribution in [0.1, 0.15) is 32.2 Å². The molecular formula is C16H20FN3O. The van der Waals surface area contributed by atoms with Crippen LogP contribution in [0.5, 0.6) is 11.6 Å². The number of hydrogen-bond acceptors (Lipinski definition) is 4. The topological polar surface area (TPSA) is 47.0 Å². The molecule has 0 spiro atoms. The summed E-state index contributed by atoms with van der Waals surface area (Å²) in [4.78, 5) is 8.88. The summed E-state index contributed by atoms with van der Waals surface area (Å²) < 4.78 is 18.9. The van der Waals surface area contributed by atoms with Crippen LogP contribution in [0.4, 0.5) is 10.2 Å². The van der Waals surface area contributed by atoms with Crippen molar-refractivity contribution in [2.45, 2.75) is 33.1 Å². The van der Waals surface area contributed by atoms with Gasteiger partial charge in [0.15, 0.2) is 0 Å². The Labute approximate surface area is 124 Å². The number of aryl methyl sites for hydroxylation is 1. The highest BCUT2D eigenvalue weighted by atomic mass is 19.1. The molecule has 2 rings (SSSR count). The van der Waals surface area contributed by atoms with Gasteiger partial charge in [-0.25, -0.2) is 9.37 Å². The van der Waals surface area contributed by atoms with E-state index in [9.17, 15) is 4.39 Å².